The van der Waals surface area contributed by atoms with Crippen LogP contribution in [0, 0.1) is 5.92 Å². The van der Waals surface area contributed by atoms with Gasteiger partial charge in [0.15, 0.2) is 0 Å². The van der Waals surface area contributed by atoms with Gasteiger partial charge in [-0.05, 0) is 31.7 Å². The zero-order valence-electron chi connectivity index (χ0n) is 11.9. The number of nitrogens with zero attached hydrogens (tertiary/aromatic N) is 2. The van der Waals surface area contributed by atoms with E-state index >= 15 is 0 Å². The van der Waals surface area contributed by atoms with E-state index < -0.39 is 0 Å². The summed E-state index contributed by atoms with van der Waals surface area (Å²) in [5.41, 5.74) is 0. The first-order valence-corrected chi connectivity index (χ1v) is 6.85. The molecule has 0 aliphatic carbocycles. The lowest BCUT2D eigenvalue weighted by Gasteiger charge is -2.34. The molecule has 0 aromatic rings. The van der Waals surface area contributed by atoms with Gasteiger partial charge in [0.05, 0.1) is 0 Å². The molecular formula is C13H27N3O2. The Morgan fingerprint density at radius 1 is 1.44 bits per heavy atom. The second-order valence-corrected chi connectivity index (χ2v) is 5.46. The summed E-state index contributed by atoms with van der Waals surface area (Å²) in [6.45, 7) is 5.03. The van der Waals surface area contributed by atoms with Gasteiger partial charge in [0.2, 0.25) is 0 Å². The van der Waals surface area contributed by atoms with E-state index in [2.05, 4.69) is 12.2 Å². The van der Waals surface area contributed by atoms with Gasteiger partial charge in [0.25, 0.3) is 0 Å². The van der Waals surface area contributed by atoms with Gasteiger partial charge in [-0.15, -0.1) is 0 Å². The standard InChI is InChI=1S/C13H27N3O2/c1-11(6-9-17)10-14-12-4-7-16(8-5-12)13(18)15(2)3/h11-12,14,17H,4-10H2,1-3H3. The molecule has 0 bridgehead atoms. The van der Waals surface area contributed by atoms with E-state index in [-0.39, 0.29) is 12.6 Å². The molecule has 0 aromatic heterocycles. The van der Waals surface area contributed by atoms with Gasteiger partial charge in [0.1, 0.15) is 0 Å². The second-order valence-electron chi connectivity index (χ2n) is 5.46. The van der Waals surface area contributed by atoms with E-state index in [4.69, 9.17) is 5.11 Å². The second kappa shape index (κ2) is 7.59. The highest BCUT2D eigenvalue weighted by Crippen LogP contribution is 2.12. The molecule has 2 amide bonds. The molecule has 5 heteroatoms. The van der Waals surface area contributed by atoms with E-state index in [1.54, 1.807) is 19.0 Å². The number of carbonyl (C=O) groups excluding carboxylic acids is 1. The lowest BCUT2D eigenvalue weighted by molar-refractivity contribution is 0.151. The van der Waals surface area contributed by atoms with Gasteiger partial charge >= 0.3 is 6.03 Å². The Bertz CT molecular complexity index is 251. The van der Waals surface area contributed by atoms with Crippen molar-refractivity contribution in [2.24, 2.45) is 5.92 Å². The predicted octanol–water partition coefficient (Wildman–Crippen LogP) is 0.740. The van der Waals surface area contributed by atoms with Crippen molar-refractivity contribution >= 4 is 6.03 Å². The molecule has 2 N–H and O–H groups in total. The molecule has 1 unspecified atom stereocenters. The van der Waals surface area contributed by atoms with Crippen LogP contribution in [0.1, 0.15) is 26.2 Å². The van der Waals surface area contributed by atoms with Gasteiger partial charge in [-0.25, -0.2) is 4.79 Å². The molecule has 1 saturated heterocycles. The molecule has 1 heterocycles. The molecule has 1 rings (SSSR count). The summed E-state index contributed by atoms with van der Waals surface area (Å²) < 4.78 is 0. The van der Waals surface area contributed by atoms with Crippen LogP contribution in [0.5, 0.6) is 0 Å². The third-order valence-electron chi connectivity index (χ3n) is 3.52. The summed E-state index contributed by atoms with van der Waals surface area (Å²) in [6, 6.07) is 0.624. The Morgan fingerprint density at radius 3 is 2.56 bits per heavy atom. The van der Waals surface area contributed by atoms with E-state index in [1.165, 1.54) is 0 Å². The lowest BCUT2D eigenvalue weighted by atomic mass is 10.0. The van der Waals surface area contributed by atoms with Crippen LogP contribution < -0.4 is 5.32 Å². The minimum Gasteiger partial charge on any atom is -0.396 e. The smallest absolute Gasteiger partial charge is 0.319 e. The summed E-state index contributed by atoms with van der Waals surface area (Å²) in [4.78, 5) is 15.3. The highest BCUT2D eigenvalue weighted by atomic mass is 16.3. The first-order chi connectivity index (χ1) is 8.54. The van der Waals surface area contributed by atoms with Gasteiger partial charge in [-0.2, -0.15) is 0 Å². The maximum Gasteiger partial charge on any atom is 0.319 e. The normalized spacial score (nSPS) is 18.8. The van der Waals surface area contributed by atoms with Crippen LogP contribution in [0.4, 0.5) is 4.79 Å². The monoisotopic (exact) mass is 257 g/mol. The number of urea groups is 1. The third kappa shape index (κ3) is 4.82. The number of piperidine rings is 1. The minimum absolute atomic E-state index is 0.113. The maximum absolute atomic E-state index is 11.8. The highest BCUT2D eigenvalue weighted by Gasteiger charge is 2.23. The number of hydrogen-bond donors (Lipinski definition) is 2. The van der Waals surface area contributed by atoms with Gasteiger partial charge in [0, 0.05) is 39.8 Å². The predicted molar refractivity (Wildman–Crippen MR) is 72.5 cm³/mol. The van der Waals surface area contributed by atoms with Crippen LogP contribution >= 0.6 is 0 Å². The number of aliphatic hydroxyl groups excluding tert-OH is 1. The fourth-order valence-electron chi connectivity index (χ4n) is 2.25. The van der Waals surface area contributed by atoms with E-state index in [0.717, 1.165) is 38.9 Å². The quantitative estimate of drug-likeness (QED) is 0.764. The van der Waals surface area contributed by atoms with E-state index in [1.807, 2.05) is 4.90 Å². The summed E-state index contributed by atoms with van der Waals surface area (Å²) in [7, 11) is 3.59. The topological polar surface area (TPSA) is 55.8 Å². The van der Waals surface area contributed by atoms with Crippen molar-refractivity contribution in [3.05, 3.63) is 0 Å². The number of rotatable bonds is 5. The Balaban J connectivity index is 2.21. The summed E-state index contributed by atoms with van der Waals surface area (Å²) in [5, 5.41) is 12.4. The molecule has 1 aliphatic rings. The van der Waals surface area contributed by atoms with Gasteiger partial charge in [-0.1, -0.05) is 6.92 Å². The number of aliphatic hydroxyl groups is 1. The molecule has 0 spiro atoms. The molecule has 0 aromatic carbocycles. The van der Waals surface area contributed by atoms with Crippen LogP contribution in [0.15, 0.2) is 0 Å². The fraction of sp³-hybridized carbons (Fsp3) is 0.923. The minimum atomic E-state index is 0.113. The van der Waals surface area contributed by atoms with Gasteiger partial charge < -0.3 is 20.2 Å². The first-order valence-electron chi connectivity index (χ1n) is 6.85. The highest BCUT2D eigenvalue weighted by molar-refractivity contribution is 5.73. The summed E-state index contributed by atoms with van der Waals surface area (Å²) in [6.07, 6.45) is 2.89. The molecular weight excluding hydrogens is 230 g/mol. The Labute approximate surface area is 110 Å². The number of carbonyl (C=O) groups is 1. The van der Waals surface area contributed by atoms with Crippen molar-refractivity contribution < 1.29 is 9.90 Å². The average Bonchev–Trinajstić information content (AvgIpc) is 2.36. The maximum atomic E-state index is 11.8. The molecule has 5 nitrogen and oxygen atoms in total. The average molecular weight is 257 g/mol. The van der Waals surface area contributed by atoms with E-state index in [9.17, 15) is 4.79 Å². The van der Waals surface area contributed by atoms with Crippen molar-refractivity contribution in [1.29, 1.82) is 0 Å². The number of likely N-dealkylation sites (tertiary alicyclic amines) is 1. The number of nitrogens with one attached hydrogen (secondary N) is 1. The van der Waals surface area contributed by atoms with Crippen molar-refractivity contribution in [1.82, 2.24) is 15.1 Å². The zero-order chi connectivity index (χ0) is 13.5. The van der Waals surface area contributed by atoms with Crippen LogP contribution in [-0.2, 0) is 0 Å². The van der Waals surface area contributed by atoms with Crippen molar-refractivity contribution in [3.63, 3.8) is 0 Å². The van der Waals surface area contributed by atoms with E-state index in [0.29, 0.717) is 12.0 Å². The molecule has 0 radical (unpaired) electrons. The SMILES string of the molecule is CC(CCO)CNC1CCN(C(=O)N(C)C)CC1. The number of amides is 2. The van der Waals surface area contributed by atoms with Crippen molar-refractivity contribution in [3.8, 4) is 0 Å². The van der Waals surface area contributed by atoms with Crippen LogP contribution in [0.3, 0.4) is 0 Å². The van der Waals surface area contributed by atoms with Crippen LogP contribution in [0.2, 0.25) is 0 Å². The zero-order valence-corrected chi connectivity index (χ0v) is 11.9. The molecule has 18 heavy (non-hydrogen) atoms. The Hall–Kier alpha value is -0.810. The first kappa shape index (κ1) is 15.2. The third-order valence-corrected chi connectivity index (χ3v) is 3.52. The summed E-state index contributed by atoms with van der Waals surface area (Å²) >= 11 is 0. The Kier molecular flexibility index (Phi) is 6.43. The molecule has 1 aliphatic heterocycles. The largest absolute Gasteiger partial charge is 0.396 e. The van der Waals surface area contributed by atoms with Crippen LogP contribution in [-0.4, -0.2) is 67.3 Å². The molecule has 1 fully saturated rings. The van der Waals surface area contributed by atoms with Crippen LogP contribution in [0.25, 0.3) is 0 Å². The molecule has 106 valence electrons. The Morgan fingerprint density at radius 2 is 2.06 bits per heavy atom. The van der Waals surface area contributed by atoms with Gasteiger partial charge in [-0.3, -0.25) is 0 Å². The molecule has 1 atom stereocenters. The fourth-order valence-corrected chi connectivity index (χ4v) is 2.25. The summed E-state index contributed by atoms with van der Waals surface area (Å²) in [5.74, 6) is 0.511. The lowest BCUT2D eigenvalue weighted by Crippen LogP contribution is -2.48. The van der Waals surface area contributed by atoms with Crippen molar-refractivity contribution in [2.45, 2.75) is 32.2 Å². The number of hydrogen-bond acceptors (Lipinski definition) is 3. The molecule has 0 saturated carbocycles. The van der Waals surface area contributed by atoms with Crippen molar-refractivity contribution in [2.75, 3.05) is 40.3 Å².